The van der Waals surface area contributed by atoms with Crippen molar-refractivity contribution in [3.63, 3.8) is 0 Å². The highest BCUT2D eigenvalue weighted by Gasteiger charge is 2.01. The number of hydrogen-bond donors (Lipinski definition) is 3. The molecule has 28 heavy (non-hydrogen) atoms. The predicted octanol–water partition coefficient (Wildman–Crippen LogP) is 6.47. The molecule has 0 atom stereocenters. The van der Waals surface area contributed by atoms with Gasteiger partial charge in [0.05, 0.1) is 0 Å². The quantitative estimate of drug-likeness (QED) is 0.210. The van der Waals surface area contributed by atoms with Crippen LogP contribution < -0.4 is 15.6 Å². The first-order valence-electron chi connectivity index (χ1n) is 11.2. The second-order valence-corrected chi connectivity index (χ2v) is 7.55. The van der Waals surface area contributed by atoms with Crippen LogP contribution in [0.4, 0.5) is 4.79 Å². The Labute approximate surface area is 171 Å². The molecule has 3 N–H and O–H groups in total. The van der Waals surface area contributed by atoms with E-state index in [0.717, 1.165) is 12.8 Å². The molecule has 0 fully saturated rings. The van der Waals surface area contributed by atoms with E-state index in [9.17, 15) is 9.90 Å². The molecule has 160 valence electrons. The maximum atomic E-state index is 11.6. The third-order valence-corrected chi connectivity index (χ3v) is 4.91. The van der Waals surface area contributed by atoms with E-state index in [2.05, 4.69) is 17.7 Å². The standard InChI is InChI=1S/C23H40N2O3/c1-2-3-4-5-6-7-8-9-10-11-12-13-14-15-20-24-23(27)25-28-22-18-16-21(26)17-19-22/h16-19,26H,2-15,20H2,1H3,(H2,24,25,27). The molecule has 1 rings (SSSR count). The second-order valence-electron chi connectivity index (χ2n) is 7.55. The van der Waals surface area contributed by atoms with Crippen molar-refractivity contribution in [3.8, 4) is 11.5 Å². The van der Waals surface area contributed by atoms with E-state index in [1.807, 2.05) is 0 Å². The first kappa shape index (κ1) is 24.1. The highest BCUT2D eigenvalue weighted by molar-refractivity contribution is 5.72. The Bertz CT molecular complexity index is 491. The maximum Gasteiger partial charge on any atom is 0.347 e. The Balaban J connectivity index is 1.80. The summed E-state index contributed by atoms with van der Waals surface area (Å²) in [7, 11) is 0. The fraction of sp³-hybridized carbons (Fsp3) is 0.696. The molecule has 1 aromatic rings. The highest BCUT2D eigenvalue weighted by Crippen LogP contribution is 2.15. The Kier molecular flexibility index (Phi) is 14.8. The molecular weight excluding hydrogens is 352 g/mol. The Hall–Kier alpha value is -1.91. The van der Waals surface area contributed by atoms with Crippen LogP contribution in [0.25, 0.3) is 0 Å². The number of hydrogen-bond acceptors (Lipinski definition) is 3. The van der Waals surface area contributed by atoms with Gasteiger partial charge in [-0.05, 0) is 30.7 Å². The second kappa shape index (κ2) is 17.2. The van der Waals surface area contributed by atoms with E-state index < -0.39 is 0 Å². The number of carbonyl (C=O) groups is 1. The minimum absolute atomic E-state index is 0.162. The summed E-state index contributed by atoms with van der Waals surface area (Å²) < 4.78 is 0. The van der Waals surface area contributed by atoms with Gasteiger partial charge in [-0.25, -0.2) is 4.79 Å². The zero-order valence-corrected chi connectivity index (χ0v) is 17.7. The smallest absolute Gasteiger partial charge is 0.347 e. The summed E-state index contributed by atoms with van der Waals surface area (Å²) in [5, 5.41) is 12.0. The number of nitrogens with one attached hydrogen (secondary N) is 2. The van der Waals surface area contributed by atoms with Crippen LogP contribution in [0, 0.1) is 0 Å². The van der Waals surface area contributed by atoms with Gasteiger partial charge in [-0.3, -0.25) is 0 Å². The first-order valence-corrected chi connectivity index (χ1v) is 11.2. The summed E-state index contributed by atoms with van der Waals surface area (Å²) in [6, 6.07) is 5.84. The Morgan fingerprint density at radius 3 is 1.75 bits per heavy atom. The van der Waals surface area contributed by atoms with Gasteiger partial charge in [0.2, 0.25) is 0 Å². The van der Waals surface area contributed by atoms with Crippen LogP contribution in [0.2, 0.25) is 0 Å². The molecule has 0 saturated carbocycles. The fourth-order valence-corrected chi connectivity index (χ4v) is 3.18. The summed E-state index contributed by atoms with van der Waals surface area (Å²) in [6.07, 6.45) is 18.6. The zero-order chi connectivity index (χ0) is 20.3. The van der Waals surface area contributed by atoms with Crippen molar-refractivity contribution in [1.82, 2.24) is 10.8 Å². The average molecular weight is 393 g/mol. The number of carbonyl (C=O) groups excluding carboxylic acids is 1. The average Bonchev–Trinajstić information content (AvgIpc) is 2.70. The summed E-state index contributed by atoms with van der Waals surface area (Å²) in [4.78, 5) is 16.7. The van der Waals surface area contributed by atoms with Gasteiger partial charge in [0, 0.05) is 6.54 Å². The Morgan fingerprint density at radius 1 is 0.786 bits per heavy atom. The minimum atomic E-state index is -0.345. The summed E-state index contributed by atoms with van der Waals surface area (Å²) in [6.45, 7) is 2.92. The molecule has 0 aliphatic carbocycles. The minimum Gasteiger partial charge on any atom is -0.508 e. The molecule has 0 heterocycles. The number of hydroxylamine groups is 1. The monoisotopic (exact) mass is 392 g/mol. The lowest BCUT2D eigenvalue weighted by Gasteiger charge is -2.08. The van der Waals surface area contributed by atoms with E-state index in [1.165, 1.54) is 89.2 Å². The van der Waals surface area contributed by atoms with Gasteiger partial charge in [-0.15, -0.1) is 0 Å². The molecule has 0 aliphatic heterocycles. The van der Waals surface area contributed by atoms with E-state index in [0.29, 0.717) is 12.3 Å². The predicted molar refractivity (Wildman–Crippen MR) is 116 cm³/mol. The van der Waals surface area contributed by atoms with Crippen molar-refractivity contribution in [2.75, 3.05) is 6.54 Å². The van der Waals surface area contributed by atoms with Crippen molar-refractivity contribution < 1.29 is 14.7 Å². The molecule has 0 bridgehead atoms. The number of phenolic OH excluding ortho intramolecular Hbond substituents is 1. The molecule has 0 unspecified atom stereocenters. The zero-order valence-electron chi connectivity index (χ0n) is 17.7. The van der Waals surface area contributed by atoms with Crippen LogP contribution in [0.5, 0.6) is 11.5 Å². The van der Waals surface area contributed by atoms with Gasteiger partial charge in [0.1, 0.15) is 5.75 Å². The molecule has 0 aliphatic rings. The molecule has 1 aromatic carbocycles. The lowest BCUT2D eigenvalue weighted by molar-refractivity contribution is 0.178. The summed E-state index contributed by atoms with van der Waals surface area (Å²) in [5.41, 5.74) is 2.34. The molecule has 5 heteroatoms. The third kappa shape index (κ3) is 14.2. The number of urea groups is 1. The number of benzene rings is 1. The van der Waals surface area contributed by atoms with Crippen LogP contribution in [0.3, 0.4) is 0 Å². The number of amides is 2. The Morgan fingerprint density at radius 2 is 1.25 bits per heavy atom. The van der Waals surface area contributed by atoms with Crippen LogP contribution in [0.1, 0.15) is 96.8 Å². The van der Waals surface area contributed by atoms with Crippen molar-refractivity contribution in [2.24, 2.45) is 0 Å². The number of aromatic hydroxyl groups is 1. The van der Waals surface area contributed by atoms with Gasteiger partial charge in [-0.2, -0.15) is 5.48 Å². The van der Waals surface area contributed by atoms with Crippen LogP contribution in [-0.2, 0) is 0 Å². The molecule has 0 radical (unpaired) electrons. The third-order valence-electron chi connectivity index (χ3n) is 4.91. The van der Waals surface area contributed by atoms with Crippen LogP contribution in [0.15, 0.2) is 24.3 Å². The van der Waals surface area contributed by atoms with E-state index in [4.69, 9.17) is 4.84 Å². The number of phenols is 1. The van der Waals surface area contributed by atoms with E-state index in [1.54, 1.807) is 12.1 Å². The van der Waals surface area contributed by atoms with Crippen LogP contribution >= 0.6 is 0 Å². The van der Waals surface area contributed by atoms with Gasteiger partial charge < -0.3 is 15.3 Å². The molecule has 0 saturated heterocycles. The van der Waals surface area contributed by atoms with Crippen molar-refractivity contribution in [3.05, 3.63) is 24.3 Å². The van der Waals surface area contributed by atoms with Gasteiger partial charge in [-0.1, -0.05) is 90.4 Å². The first-order chi connectivity index (χ1) is 13.7. The van der Waals surface area contributed by atoms with Crippen LogP contribution in [-0.4, -0.2) is 17.7 Å². The lowest BCUT2D eigenvalue weighted by Crippen LogP contribution is -2.38. The molecule has 0 spiro atoms. The number of unbranched alkanes of at least 4 members (excludes halogenated alkanes) is 13. The van der Waals surface area contributed by atoms with Crippen molar-refractivity contribution in [2.45, 2.75) is 96.8 Å². The topological polar surface area (TPSA) is 70.6 Å². The van der Waals surface area contributed by atoms with Crippen molar-refractivity contribution in [1.29, 1.82) is 0 Å². The molecule has 5 nitrogen and oxygen atoms in total. The van der Waals surface area contributed by atoms with Gasteiger partial charge in [0.25, 0.3) is 0 Å². The van der Waals surface area contributed by atoms with Gasteiger partial charge >= 0.3 is 6.03 Å². The molecule has 2 amide bonds. The number of rotatable bonds is 17. The van der Waals surface area contributed by atoms with E-state index in [-0.39, 0.29) is 11.8 Å². The maximum absolute atomic E-state index is 11.6. The van der Waals surface area contributed by atoms with Crippen molar-refractivity contribution >= 4 is 6.03 Å². The molecular formula is C23H40N2O3. The highest BCUT2D eigenvalue weighted by atomic mass is 16.7. The lowest BCUT2D eigenvalue weighted by atomic mass is 10.0. The summed E-state index contributed by atoms with van der Waals surface area (Å²) >= 11 is 0. The molecule has 0 aromatic heterocycles. The summed E-state index contributed by atoms with van der Waals surface area (Å²) in [5.74, 6) is 0.638. The fourth-order valence-electron chi connectivity index (χ4n) is 3.18. The van der Waals surface area contributed by atoms with Gasteiger partial charge in [0.15, 0.2) is 5.75 Å². The van der Waals surface area contributed by atoms with E-state index >= 15 is 0 Å². The SMILES string of the molecule is CCCCCCCCCCCCCCCCNC(=O)NOc1ccc(O)cc1. The largest absolute Gasteiger partial charge is 0.508 e. The normalized spacial score (nSPS) is 10.6.